The first kappa shape index (κ1) is 10.6. The molecule has 1 aliphatic rings. The van der Waals surface area contributed by atoms with Gasteiger partial charge in [-0.1, -0.05) is 0 Å². The Hall–Kier alpha value is -0.870. The zero-order valence-electron chi connectivity index (χ0n) is 9.12. The lowest BCUT2D eigenvalue weighted by Gasteiger charge is -2.16. The third-order valence-electron chi connectivity index (χ3n) is 2.50. The van der Waals surface area contributed by atoms with Crippen molar-refractivity contribution >= 4 is 11.3 Å². The number of thiazole rings is 1. The summed E-state index contributed by atoms with van der Waals surface area (Å²) in [4.78, 5) is 4.47. The Morgan fingerprint density at radius 3 is 3.07 bits per heavy atom. The van der Waals surface area contributed by atoms with E-state index in [0.717, 1.165) is 35.9 Å². The Morgan fingerprint density at radius 2 is 2.53 bits per heavy atom. The Bertz CT molecular complexity index is 359. The van der Waals surface area contributed by atoms with Gasteiger partial charge in [0.05, 0.1) is 23.4 Å². The minimum atomic E-state index is 0.272. The molecule has 1 aromatic rings. The molecule has 0 amide bonds. The fraction of sp³-hybridized carbons (Fsp3) is 0.545. The average molecular weight is 224 g/mol. The number of rotatable bonds is 4. The Morgan fingerprint density at radius 1 is 1.67 bits per heavy atom. The van der Waals surface area contributed by atoms with Crippen LogP contribution in [0.15, 0.2) is 17.2 Å². The molecule has 1 unspecified atom stereocenters. The topological polar surface area (TPSA) is 34.2 Å². The van der Waals surface area contributed by atoms with Gasteiger partial charge in [0, 0.05) is 18.2 Å². The highest BCUT2D eigenvalue weighted by Gasteiger charge is 2.18. The second-order valence-corrected chi connectivity index (χ2v) is 4.71. The first-order valence-electron chi connectivity index (χ1n) is 5.20. The summed E-state index contributed by atoms with van der Waals surface area (Å²) in [7, 11) is 1.96. The van der Waals surface area contributed by atoms with E-state index in [0.29, 0.717) is 0 Å². The van der Waals surface area contributed by atoms with Gasteiger partial charge in [0.2, 0.25) is 0 Å². The molecule has 0 spiro atoms. The van der Waals surface area contributed by atoms with E-state index in [1.54, 1.807) is 11.3 Å². The lowest BCUT2D eigenvalue weighted by Crippen LogP contribution is -2.30. The SMILES string of the molecule is CNC(Cc1csc(C)n1)C1=CCCO1. The van der Waals surface area contributed by atoms with E-state index in [1.807, 2.05) is 14.0 Å². The largest absolute Gasteiger partial charge is 0.496 e. The first-order chi connectivity index (χ1) is 7.29. The summed E-state index contributed by atoms with van der Waals surface area (Å²) in [6, 6.07) is 0.272. The zero-order valence-corrected chi connectivity index (χ0v) is 9.93. The summed E-state index contributed by atoms with van der Waals surface area (Å²) in [5.41, 5.74) is 1.15. The van der Waals surface area contributed by atoms with Crippen molar-refractivity contribution in [1.82, 2.24) is 10.3 Å². The van der Waals surface area contributed by atoms with Gasteiger partial charge in [0.25, 0.3) is 0 Å². The van der Waals surface area contributed by atoms with Gasteiger partial charge in [-0.05, 0) is 20.0 Å². The fourth-order valence-corrected chi connectivity index (χ4v) is 2.36. The molecule has 1 aliphatic heterocycles. The van der Waals surface area contributed by atoms with Crippen LogP contribution in [0.5, 0.6) is 0 Å². The minimum Gasteiger partial charge on any atom is -0.496 e. The maximum Gasteiger partial charge on any atom is 0.109 e. The van der Waals surface area contributed by atoms with Crippen LogP contribution in [-0.2, 0) is 11.2 Å². The number of aromatic nitrogens is 1. The van der Waals surface area contributed by atoms with Gasteiger partial charge in [0.1, 0.15) is 5.76 Å². The van der Waals surface area contributed by atoms with Crippen LogP contribution in [0.1, 0.15) is 17.1 Å². The molecule has 2 heterocycles. The summed E-state index contributed by atoms with van der Waals surface area (Å²) in [6.07, 6.45) is 4.11. The highest BCUT2D eigenvalue weighted by Crippen LogP contribution is 2.18. The van der Waals surface area contributed by atoms with Gasteiger partial charge >= 0.3 is 0 Å². The van der Waals surface area contributed by atoms with E-state index >= 15 is 0 Å². The normalized spacial score (nSPS) is 17.3. The van der Waals surface area contributed by atoms with Crippen molar-refractivity contribution in [1.29, 1.82) is 0 Å². The number of hydrogen-bond acceptors (Lipinski definition) is 4. The molecule has 2 rings (SSSR count). The van der Waals surface area contributed by atoms with E-state index in [9.17, 15) is 0 Å². The standard InChI is InChI=1S/C11H16N2OS/c1-8-13-9(7-15-8)6-10(12-2)11-4-3-5-14-11/h4,7,10,12H,3,5-6H2,1-2H3. The number of hydrogen-bond donors (Lipinski definition) is 1. The van der Waals surface area contributed by atoms with Crippen LogP contribution in [0.4, 0.5) is 0 Å². The van der Waals surface area contributed by atoms with E-state index in [-0.39, 0.29) is 6.04 Å². The molecule has 4 heteroatoms. The maximum absolute atomic E-state index is 5.56. The van der Waals surface area contributed by atoms with Gasteiger partial charge in [-0.15, -0.1) is 11.3 Å². The van der Waals surface area contributed by atoms with Crippen molar-refractivity contribution in [2.75, 3.05) is 13.7 Å². The van der Waals surface area contributed by atoms with Crippen LogP contribution >= 0.6 is 11.3 Å². The van der Waals surface area contributed by atoms with Gasteiger partial charge in [-0.2, -0.15) is 0 Å². The Labute approximate surface area is 94.2 Å². The molecule has 15 heavy (non-hydrogen) atoms. The fourth-order valence-electron chi connectivity index (χ4n) is 1.74. The average Bonchev–Trinajstić information content (AvgIpc) is 2.85. The van der Waals surface area contributed by atoms with Crippen molar-refractivity contribution in [2.45, 2.75) is 25.8 Å². The summed E-state index contributed by atoms with van der Waals surface area (Å²) < 4.78 is 5.56. The molecule has 0 saturated carbocycles. The molecule has 0 radical (unpaired) electrons. The minimum absolute atomic E-state index is 0.272. The van der Waals surface area contributed by atoms with Crippen LogP contribution in [0.2, 0.25) is 0 Å². The molecule has 1 atom stereocenters. The molecule has 3 nitrogen and oxygen atoms in total. The van der Waals surface area contributed by atoms with Crippen molar-refractivity contribution in [3.05, 3.63) is 27.9 Å². The van der Waals surface area contributed by atoms with Crippen LogP contribution < -0.4 is 5.32 Å². The van der Waals surface area contributed by atoms with Crippen molar-refractivity contribution < 1.29 is 4.74 Å². The van der Waals surface area contributed by atoms with Gasteiger partial charge < -0.3 is 10.1 Å². The van der Waals surface area contributed by atoms with Gasteiger partial charge in [-0.25, -0.2) is 4.98 Å². The monoisotopic (exact) mass is 224 g/mol. The van der Waals surface area contributed by atoms with Crippen molar-refractivity contribution in [2.24, 2.45) is 0 Å². The number of nitrogens with zero attached hydrogens (tertiary/aromatic N) is 1. The van der Waals surface area contributed by atoms with Crippen LogP contribution in [-0.4, -0.2) is 24.7 Å². The quantitative estimate of drug-likeness (QED) is 0.848. The van der Waals surface area contributed by atoms with E-state index in [1.165, 1.54) is 0 Å². The van der Waals surface area contributed by atoms with Crippen LogP contribution in [0, 0.1) is 6.92 Å². The molecule has 0 fully saturated rings. The van der Waals surface area contributed by atoms with Crippen LogP contribution in [0.25, 0.3) is 0 Å². The van der Waals surface area contributed by atoms with E-state index in [2.05, 4.69) is 21.8 Å². The van der Waals surface area contributed by atoms with Crippen molar-refractivity contribution in [3.8, 4) is 0 Å². The number of nitrogens with one attached hydrogen (secondary N) is 1. The molecule has 0 saturated heterocycles. The summed E-state index contributed by atoms with van der Waals surface area (Å²) in [5, 5.41) is 6.52. The molecule has 0 bridgehead atoms. The van der Waals surface area contributed by atoms with Crippen LogP contribution in [0.3, 0.4) is 0 Å². The molecule has 82 valence electrons. The smallest absolute Gasteiger partial charge is 0.109 e. The Kier molecular flexibility index (Phi) is 3.38. The molecule has 1 aromatic heterocycles. The van der Waals surface area contributed by atoms with Crippen molar-refractivity contribution in [3.63, 3.8) is 0 Å². The van der Waals surface area contributed by atoms with E-state index < -0.39 is 0 Å². The molecule has 0 aromatic carbocycles. The molecular weight excluding hydrogens is 208 g/mol. The molecule has 0 aliphatic carbocycles. The Balaban J connectivity index is 2.02. The maximum atomic E-state index is 5.56. The summed E-state index contributed by atoms with van der Waals surface area (Å²) in [5.74, 6) is 1.07. The van der Waals surface area contributed by atoms with Gasteiger partial charge in [-0.3, -0.25) is 0 Å². The van der Waals surface area contributed by atoms with Gasteiger partial charge in [0.15, 0.2) is 0 Å². The third kappa shape index (κ3) is 2.58. The second kappa shape index (κ2) is 4.77. The number of ether oxygens (including phenoxy) is 1. The second-order valence-electron chi connectivity index (χ2n) is 3.65. The number of aryl methyl sites for hydroxylation is 1. The predicted octanol–water partition coefficient (Wildman–Crippen LogP) is 1.89. The lowest BCUT2D eigenvalue weighted by atomic mass is 10.1. The lowest BCUT2D eigenvalue weighted by molar-refractivity contribution is 0.216. The highest BCUT2D eigenvalue weighted by atomic mass is 32.1. The third-order valence-corrected chi connectivity index (χ3v) is 3.33. The number of likely N-dealkylation sites (N-methyl/N-ethyl adjacent to an activating group) is 1. The summed E-state index contributed by atoms with van der Waals surface area (Å²) >= 11 is 1.70. The predicted molar refractivity (Wildman–Crippen MR) is 62.1 cm³/mol. The first-order valence-corrected chi connectivity index (χ1v) is 6.08. The zero-order chi connectivity index (χ0) is 10.7. The summed E-state index contributed by atoms with van der Waals surface area (Å²) in [6.45, 7) is 2.86. The molecular formula is C11H16N2OS. The highest BCUT2D eigenvalue weighted by molar-refractivity contribution is 7.09. The van der Waals surface area contributed by atoms with E-state index in [4.69, 9.17) is 4.74 Å². The molecule has 1 N–H and O–H groups in total.